The van der Waals surface area contributed by atoms with Crippen molar-refractivity contribution in [1.82, 2.24) is 0 Å². The summed E-state index contributed by atoms with van der Waals surface area (Å²) < 4.78 is 28.6. The largest absolute Gasteiger partial charge is 0.459 e. The fourth-order valence-electron chi connectivity index (χ4n) is 2.24. The van der Waals surface area contributed by atoms with Crippen LogP contribution in [0.2, 0.25) is 0 Å². The lowest BCUT2D eigenvalue weighted by molar-refractivity contribution is 0.0332. The van der Waals surface area contributed by atoms with E-state index in [2.05, 4.69) is 0 Å². The average molecular weight is 299 g/mol. The molecule has 0 fully saturated rings. The minimum atomic E-state index is -3.88. The first-order valence-electron chi connectivity index (χ1n) is 6.44. The Hall–Kier alpha value is -1.40. The fraction of sp³-hybridized carbons (Fsp3) is 0.500. The van der Waals surface area contributed by atoms with E-state index in [-0.39, 0.29) is 16.6 Å². The molecule has 1 atom stereocenters. The monoisotopic (exact) mass is 299 g/mol. The number of aryl methyl sites for hydroxylation is 2. The van der Waals surface area contributed by atoms with E-state index in [1.165, 1.54) is 0 Å². The number of nitrogens with two attached hydrogens (primary N) is 1. The van der Waals surface area contributed by atoms with Gasteiger partial charge in [-0.3, -0.25) is 0 Å². The van der Waals surface area contributed by atoms with Gasteiger partial charge in [0.2, 0.25) is 10.0 Å². The zero-order valence-corrected chi connectivity index (χ0v) is 13.3. The van der Waals surface area contributed by atoms with Crippen LogP contribution in [0.1, 0.15) is 47.3 Å². The molecule has 2 N–H and O–H groups in total. The highest BCUT2D eigenvalue weighted by atomic mass is 32.2. The van der Waals surface area contributed by atoms with Gasteiger partial charge in [-0.25, -0.2) is 18.4 Å². The summed E-state index contributed by atoms with van der Waals surface area (Å²) in [5, 5.41) is 5.23. The number of sulfonamides is 1. The molecule has 0 saturated carbocycles. The molecule has 0 bridgehead atoms. The second kappa shape index (κ2) is 5.93. The fourth-order valence-corrected chi connectivity index (χ4v) is 3.28. The summed E-state index contributed by atoms with van der Waals surface area (Å²) >= 11 is 0. The second-order valence-corrected chi connectivity index (χ2v) is 6.51. The van der Waals surface area contributed by atoms with Gasteiger partial charge in [0.05, 0.1) is 16.6 Å². The smallest absolute Gasteiger partial charge is 0.338 e. The van der Waals surface area contributed by atoms with Gasteiger partial charge in [0.1, 0.15) is 0 Å². The van der Waals surface area contributed by atoms with E-state index in [4.69, 9.17) is 9.88 Å². The Morgan fingerprint density at radius 1 is 1.30 bits per heavy atom. The minimum Gasteiger partial charge on any atom is -0.459 e. The number of carbonyl (C=O) groups excluding carboxylic acids is 1. The van der Waals surface area contributed by atoms with Crippen molar-refractivity contribution in [3.05, 3.63) is 28.3 Å². The molecule has 0 amide bonds. The van der Waals surface area contributed by atoms with Gasteiger partial charge in [-0.2, -0.15) is 0 Å². The second-order valence-electron chi connectivity index (χ2n) is 5.01. The number of hydrogen-bond acceptors (Lipinski definition) is 4. The van der Waals surface area contributed by atoms with Crippen LogP contribution >= 0.6 is 0 Å². The van der Waals surface area contributed by atoms with E-state index in [1.807, 2.05) is 6.92 Å². The van der Waals surface area contributed by atoms with Crippen LogP contribution in [0.4, 0.5) is 0 Å². The van der Waals surface area contributed by atoms with Gasteiger partial charge in [-0.15, -0.1) is 0 Å². The number of benzene rings is 1. The lowest BCUT2D eigenvalue weighted by Crippen LogP contribution is -2.21. The molecule has 0 spiro atoms. The van der Waals surface area contributed by atoms with Crippen molar-refractivity contribution in [1.29, 1.82) is 0 Å². The summed E-state index contributed by atoms with van der Waals surface area (Å²) in [6.07, 6.45) is 0.470. The molecule has 1 rings (SSSR count). The van der Waals surface area contributed by atoms with Gasteiger partial charge in [-0.1, -0.05) is 13.0 Å². The standard InChI is InChI=1S/C14H21NO4S/c1-6-10(4)19-14(16)12-8(2)7-9(3)13(11(12)5)20(15,17)18/h7,10H,6H2,1-5H3,(H2,15,17,18). The van der Waals surface area contributed by atoms with E-state index in [0.717, 1.165) is 0 Å². The van der Waals surface area contributed by atoms with Crippen molar-refractivity contribution in [3.63, 3.8) is 0 Å². The molecule has 112 valence electrons. The molecule has 0 heterocycles. The molecule has 5 nitrogen and oxygen atoms in total. The van der Waals surface area contributed by atoms with Crippen LogP contribution in [0.3, 0.4) is 0 Å². The van der Waals surface area contributed by atoms with Crippen molar-refractivity contribution in [3.8, 4) is 0 Å². The Bertz CT molecular complexity index is 635. The van der Waals surface area contributed by atoms with Crippen molar-refractivity contribution in [2.75, 3.05) is 0 Å². The van der Waals surface area contributed by atoms with E-state index in [1.54, 1.807) is 33.8 Å². The van der Waals surface area contributed by atoms with Crippen LogP contribution in [-0.2, 0) is 14.8 Å². The molecule has 6 heteroatoms. The molecule has 0 aliphatic carbocycles. The molecule has 1 aromatic rings. The van der Waals surface area contributed by atoms with E-state index < -0.39 is 16.0 Å². The summed E-state index contributed by atoms with van der Waals surface area (Å²) in [4.78, 5) is 12.2. The predicted molar refractivity (Wildman–Crippen MR) is 77.2 cm³/mol. The molecule has 20 heavy (non-hydrogen) atoms. The molecule has 1 unspecified atom stereocenters. The van der Waals surface area contributed by atoms with Gasteiger partial charge in [-0.05, 0) is 50.8 Å². The van der Waals surface area contributed by atoms with Gasteiger partial charge in [0, 0.05) is 0 Å². The molecular weight excluding hydrogens is 278 g/mol. The molecule has 0 saturated heterocycles. The summed E-state index contributed by atoms with van der Waals surface area (Å²) in [7, 11) is -3.88. The molecule has 0 aliphatic heterocycles. The first-order chi connectivity index (χ1) is 9.09. The van der Waals surface area contributed by atoms with Crippen LogP contribution in [0.15, 0.2) is 11.0 Å². The van der Waals surface area contributed by atoms with Gasteiger partial charge in [0.15, 0.2) is 0 Å². The van der Waals surface area contributed by atoms with E-state index in [0.29, 0.717) is 23.1 Å². The van der Waals surface area contributed by atoms with Crippen LogP contribution in [0, 0.1) is 20.8 Å². The number of primary sulfonamides is 1. The third-order valence-electron chi connectivity index (χ3n) is 3.27. The lowest BCUT2D eigenvalue weighted by Gasteiger charge is -2.17. The SMILES string of the molecule is CCC(C)OC(=O)c1c(C)cc(C)c(S(N)(=O)=O)c1C. The molecular formula is C14H21NO4S. The molecule has 0 radical (unpaired) electrons. The van der Waals surface area contributed by atoms with Gasteiger partial charge < -0.3 is 4.74 Å². The van der Waals surface area contributed by atoms with Crippen LogP contribution in [0.25, 0.3) is 0 Å². The minimum absolute atomic E-state index is 0.000739. The lowest BCUT2D eigenvalue weighted by atomic mass is 9.99. The molecule has 1 aromatic carbocycles. The summed E-state index contributed by atoms with van der Waals surface area (Å²) in [6.45, 7) is 8.68. The third kappa shape index (κ3) is 3.37. The zero-order chi connectivity index (χ0) is 15.7. The Balaban J connectivity index is 3.46. The summed E-state index contributed by atoms with van der Waals surface area (Å²) in [5.41, 5.74) is 1.83. The Morgan fingerprint density at radius 3 is 2.30 bits per heavy atom. The van der Waals surface area contributed by atoms with Gasteiger partial charge in [0.25, 0.3) is 0 Å². The maximum atomic E-state index is 12.2. The predicted octanol–water partition coefficient (Wildman–Crippen LogP) is 2.21. The quantitative estimate of drug-likeness (QED) is 0.864. The zero-order valence-electron chi connectivity index (χ0n) is 12.5. The Morgan fingerprint density at radius 2 is 1.85 bits per heavy atom. The summed E-state index contributed by atoms with van der Waals surface area (Å²) in [6, 6.07) is 1.64. The van der Waals surface area contributed by atoms with Gasteiger partial charge >= 0.3 is 5.97 Å². The van der Waals surface area contributed by atoms with E-state index >= 15 is 0 Å². The average Bonchev–Trinajstić information content (AvgIpc) is 2.25. The first-order valence-corrected chi connectivity index (χ1v) is 7.98. The highest BCUT2D eigenvalue weighted by molar-refractivity contribution is 7.89. The molecule has 0 aromatic heterocycles. The van der Waals surface area contributed by atoms with Crippen molar-refractivity contribution in [2.45, 2.75) is 52.0 Å². The Labute approximate surface area is 120 Å². The molecule has 0 aliphatic rings. The number of rotatable bonds is 4. The van der Waals surface area contributed by atoms with Crippen LogP contribution in [-0.4, -0.2) is 20.5 Å². The number of carbonyl (C=O) groups is 1. The highest BCUT2D eigenvalue weighted by Crippen LogP contribution is 2.26. The summed E-state index contributed by atoms with van der Waals surface area (Å²) in [5.74, 6) is -0.515. The number of hydrogen-bond donors (Lipinski definition) is 1. The van der Waals surface area contributed by atoms with Crippen molar-refractivity contribution < 1.29 is 17.9 Å². The highest BCUT2D eigenvalue weighted by Gasteiger charge is 2.24. The van der Waals surface area contributed by atoms with Crippen molar-refractivity contribution >= 4 is 16.0 Å². The maximum Gasteiger partial charge on any atom is 0.338 e. The van der Waals surface area contributed by atoms with Crippen LogP contribution < -0.4 is 5.14 Å². The topological polar surface area (TPSA) is 86.5 Å². The number of esters is 1. The Kier molecular flexibility index (Phi) is 4.94. The first kappa shape index (κ1) is 16.7. The third-order valence-corrected chi connectivity index (χ3v) is 4.47. The number of ether oxygens (including phenoxy) is 1. The van der Waals surface area contributed by atoms with Crippen LogP contribution in [0.5, 0.6) is 0 Å². The van der Waals surface area contributed by atoms with Crippen molar-refractivity contribution in [2.24, 2.45) is 5.14 Å². The van der Waals surface area contributed by atoms with E-state index in [9.17, 15) is 13.2 Å². The maximum absolute atomic E-state index is 12.2. The normalized spacial score (nSPS) is 13.1.